The first-order valence-electron chi connectivity index (χ1n) is 8.89. The molecule has 2 heterocycles. The van der Waals surface area contributed by atoms with Crippen molar-refractivity contribution < 1.29 is 14.3 Å². The van der Waals surface area contributed by atoms with Gasteiger partial charge in [0.25, 0.3) is 0 Å². The van der Waals surface area contributed by atoms with Crippen LogP contribution >= 0.6 is 11.8 Å². The number of ether oxygens (including phenoxy) is 1. The molecular weight excluding hydrogens is 372 g/mol. The van der Waals surface area contributed by atoms with Crippen molar-refractivity contribution in [2.45, 2.75) is 23.2 Å². The highest BCUT2D eigenvalue weighted by molar-refractivity contribution is 8.00. The van der Waals surface area contributed by atoms with Crippen molar-refractivity contribution >= 4 is 29.3 Å². The van der Waals surface area contributed by atoms with Crippen LogP contribution in [-0.2, 0) is 9.53 Å². The molecule has 1 aliphatic rings. The van der Waals surface area contributed by atoms with Crippen molar-refractivity contribution in [2.75, 3.05) is 5.32 Å². The van der Waals surface area contributed by atoms with E-state index in [1.165, 1.54) is 11.8 Å². The summed E-state index contributed by atoms with van der Waals surface area (Å²) >= 11 is 1.48. The predicted molar refractivity (Wildman–Crippen MR) is 108 cm³/mol. The van der Waals surface area contributed by atoms with Crippen LogP contribution in [0.25, 0.3) is 0 Å². The lowest BCUT2D eigenvalue weighted by molar-refractivity contribution is -0.115. The van der Waals surface area contributed by atoms with Crippen molar-refractivity contribution in [1.29, 1.82) is 0 Å². The zero-order valence-corrected chi connectivity index (χ0v) is 16.0. The minimum atomic E-state index is -0.545. The summed E-state index contributed by atoms with van der Waals surface area (Å²) in [5, 5.41) is 2.69. The van der Waals surface area contributed by atoms with Gasteiger partial charge in [0.1, 0.15) is 0 Å². The lowest BCUT2D eigenvalue weighted by atomic mass is 10.0. The lowest BCUT2D eigenvalue weighted by Gasteiger charge is -2.22. The minimum Gasteiger partial charge on any atom is -0.449 e. The van der Waals surface area contributed by atoms with Crippen LogP contribution in [0.4, 0.5) is 5.69 Å². The molecule has 5 nitrogen and oxygen atoms in total. The molecule has 1 aromatic heterocycles. The molecular formula is C22H18N2O3S. The first-order chi connectivity index (χ1) is 13.6. The summed E-state index contributed by atoms with van der Waals surface area (Å²) in [6, 6.07) is 18.5. The fourth-order valence-electron chi connectivity index (χ4n) is 3.01. The van der Waals surface area contributed by atoms with Gasteiger partial charge in [-0.05, 0) is 42.8 Å². The number of rotatable bonds is 4. The fraction of sp³-hybridized carbons (Fsp3) is 0.136. The molecule has 1 N–H and O–H groups in total. The molecule has 2 atom stereocenters. The van der Waals surface area contributed by atoms with E-state index in [1.807, 2.05) is 55.5 Å². The molecule has 140 valence electrons. The largest absolute Gasteiger partial charge is 0.449 e. The van der Waals surface area contributed by atoms with Crippen LogP contribution in [0.2, 0.25) is 0 Å². The number of amides is 1. The third kappa shape index (κ3) is 3.77. The number of nitrogens with one attached hydrogen (secondary N) is 1. The third-order valence-electron chi connectivity index (χ3n) is 4.48. The zero-order chi connectivity index (χ0) is 19.5. The maximum Gasteiger partial charge on any atom is 0.339 e. The van der Waals surface area contributed by atoms with Crippen molar-refractivity contribution in [2.24, 2.45) is 0 Å². The standard InChI is InChI=1S/C22H18N2O3S/c1-14-21(25)24-18-13-17(7-8-19(18)28-14)22(26)27-20(15-5-3-2-4-6-15)16-9-11-23-12-10-16/h2-14,20H,1H3,(H,24,25). The van der Waals surface area contributed by atoms with Crippen LogP contribution in [0.5, 0.6) is 0 Å². The van der Waals surface area contributed by atoms with E-state index in [0.717, 1.165) is 16.0 Å². The Balaban J connectivity index is 1.62. The molecule has 0 fully saturated rings. The molecule has 4 rings (SSSR count). The zero-order valence-electron chi connectivity index (χ0n) is 15.2. The van der Waals surface area contributed by atoms with Gasteiger partial charge in [0.05, 0.1) is 16.5 Å². The molecule has 0 saturated carbocycles. The number of hydrogen-bond acceptors (Lipinski definition) is 5. The first-order valence-corrected chi connectivity index (χ1v) is 9.77. The number of aromatic nitrogens is 1. The van der Waals surface area contributed by atoms with Crippen LogP contribution in [0, 0.1) is 0 Å². The average molecular weight is 390 g/mol. The van der Waals surface area contributed by atoms with Crippen LogP contribution < -0.4 is 5.32 Å². The van der Waals surface area contributed by atoms with Gasteiger partial charge in [0.15, 0.2) is 6.10 Å². The Bertz CT molecular complexity index is 969. The summed E-state index contributed by atoms with van der Waals surface area (Å²) in [7, 11) is 0. The first kappa shape index (κ1) is 18.3. The lowest BCUT2D eigenvalue weighted by Crippen LogP contribution is -2.26. The Morgan fingerprint density at radius 1 is 1.07 bits per heavy atom. The van der Waals surface area contributed by atoms with Gasteiger partial charge in [-0.1, -0.05) is 30.3 Å². The van der Waals surface area contributed by atoms with Gasteiger partial charge in [-0.25, -0.2) is 4.79 Å². The Kier molecular flexibility index (Phi) is 5.12. The molecule has 0 spiro atoms. The molecule has 6 heteroatoms. The number of fused-ring (bicyclic) bond motifs is 1. The quantitative estimate of drug-likeness (QED) is 0.666. The van der Waals surface area contributed by atoms with E-state index in [2.05, 4.69) is 10.3 Å². The van der Waals surface area contributed by atoms with Gasteiger partial charge >= 0.3 is 5.97 Å². The summed E-state index contributed by atoms with van der Waals surface area (Å²) in [5.74, 6) is -0.520. The minimum absolute atomic E-state index is 0.0676. The third-order valence-corrected chi connectivity index (χ3v) is 5.66. The maximum absolute atomic E-state index is 12.9. The molecule has 0 bridgehead atoms. The van der Waals surface area contributed by atoms with Crippen LogP contribution in [-0.4, -0.2) is 22.1 Å². The number of benzene rings is 2. The summed E-state index contributed by atoms with van der Waals surface area (Å²) in [6.45, 7) is 1.85. The Morgan fingerprint density at radius 2 is 1.79 bits per heavy atom. The molecule has 2 aromatic carbocycles. The predicted octanol–water partition coefficient (Wildman–Crippen LogP) is 4.46. The van der Waals surface area contributed by atoms with E-state index in [0.29, 0.717) is 11.3 Å². The number of carbonyl (C=O) groups is 2. The van der Waals surface area contributed by atoms with Gasteiger partial charge < -0.3 is 10.1 Å². The van der Waals surface area contributed by atoms with Gasteiger partial charge in [-0.15, -0.1) is 11.8 Å². The van der Waals surface area contributed by atoms with E-state index in [1.54, 1.807) is 24.5 Å². The number of nitrogens with zero attached hydrogens (tertiary/aromatic N) is 1. The number of esters is 1. The Morgan fingerprint density at radius 3 is 2.54 bits per heavy atom. The molecule has 1 amide bonds. The molecule has 0 saturated heterocycles. The monoisotopic (exact) mass is 390 g/mol. The summed E-state index contributed by atoms with van der Waals surface area (Å²) in [4.78, 5) is 29.8. The van der Waals surface area contributed by atoms with Crippen LogP contribution in [0.1, 0.15) is 34.5 Å². The summed E-state index contributed by atoms with van der Waals surface area (Å²) in [5.41, 5.74) is 2.75. The Hall–Kier alpha value is -3.12. The molecule has 0 aliphatic carbocycles. The molecule has 1 aliphatic heterocycles. The SMILES string of the molecule is CC1Sc2ccc(C(=O)OC(c3ccccc3)c3ccncc3)cc2NC1=O. The van der Waals surface area contributed by atoms with Crippen molar-refractivity contribution in [3.05, 3.63) is 89.7 Å². The molecule has 3 aromatic rings. The second-order valence-electron chi connectivity index (χ2n) is 6.44. The van der Waals surface area contributed by atoms with Gasteiger partial charge in [-0.3, -0.25) is 9.78 Å². The highest BCUT2D eigenvalue weighted by atomic mass is 32.2. The smallest absolute Gasteiger partial charge is 0.339 e. The van der Waals surface area contributed by atoms with Crippen LogP contribution in [0.3, 0.4) is 0 Å². The summed E-state index contributed by atoms with van der Waals surface area (Å²) < 4.78 is 5.86. The highest BCUT2D eigenvalue weighted by Crippen LogP contribution is 2.36. The van der Waals surface area contributed by atoms with Gasteiger partial charge in [-0.2, -0.15) is 0 Å². The van der Waals surface area contributed by atoms with Gasteiger partial charge in [0, 0.05) is 22.9 Å². The van der Waals surface area contributed by atoms with E-state index < -0.39 is 12.1 Å². The molecule has 28 heavy (non-hydrogen) atoms. The second-order valence-corrected chi connectivity index (χ2v) is 7.82. The number of hydrogen-bond donors (Lipinski definition) is 1. The second kappa shape index (κ2) is 7.86. The topological polar surface area (TPSA) is 68.3 Å². The van der Waals surface area contributed by atoms with E-state index in [9.17, 15) is 9.59 Å². The fourth-order valence-corrected chi connectivity index (χ4v) is 3.94. The highest BCUT2D eigenvalue weighted by Gasteiger charge is 2.25. The maximum atomic E-state index is 12.9. The molecule has 0 radical (unpaired) electrons. The average Bonchev–Trinajstić information content (AvgIpc) is 2.73. The Labute approximate surface area is 167 Å². The number of carbonyl (C=O) groups excluding carboxylic acids is 2. The number of anilines is 1. The normalized spacial score (nSPS) is 16.6. The van der Waals surface area contributed by atoms with E-state index in [4.69, 9.17) is 4.74 Å². The van der Waals surface area contributed by atoms with E-state index in [-0.39, 0.29) is 11.2 Å². The molecule has 2 unspecified atom stereocenters. The van der Waals surface area contributed by atoms with Crippen LogP contribution in [0.15, 0.2) is 78.0 Å². The van der Waals surface area contributed by atoms with Crippen molar-refractivity contribution in [3.63, 3.8) is 0 Å². The number of thioether (sulfide) groups is 1. The number of pyridine rings is 1. The summed E-state index contributed by atoms with van der Waals surface area (Å²) in [6.07, 6.45) is 2.80. The van der Waals surface area contributed by atoms with Crippen molar-refractivity contribution in [1.82, 2.24) is 4.98 Å². The van der Waals surface area contributed by atoms with E-state index >= 15 is 0 Å². The van der Waals surface area contributed by atoms with Crippen molar-refractivity contribution in [3.8, 4) is 0 Å². The van der Waals surface area contributed by atoms with Gasteiger partial charge in [0.2, 0.25) is 5.91 Å².